The van der Waals surface area contributed by atoms with E-state index < -0.39 is 11.7 Å². The van der Waals surface area contributed by atoms with Crippen molar-refractivity contribution in [3.05, 3.63) is 88.2 Å². The molecule has 0 fully saturated rings. The number of fused-ring (bicyclic) bond motifs is 2. The average Bonchev–Trinajstić information content (AvgIpc) is 3.26. The van der Waals surface area contributed by atoms with E-state index in [9.17, 15) is 22.8 Å². The molecule has 3 aromatic rings. The largest absolute Gasteiger partial charge is 0.416 e. The molecular formula is C25H23F3N4O2. The number of benzene rings is 2. The maximum atomic E-state index is 13.0. The van der Waals surface area contributed by atoms with Gasteiger partial charge in [0.25, 0.3) is 11.8 Å². The summed E-state index contributed by atoms with van der Waals surface area (Å²) in [6.45, 7) is 0.703. The zero-order chi connectivity index (χ0) is 23.9. The number of hydrogen-bond acceptors (Lipinski definition) is 3. The van der Waals surface area contributed by atoms with Crippen LogP contribution in [-0.4, -0.2) is 33.0 Å². The summed E-state index contributed by atoms with van der Waals surface area (Å²) in [7, 11) is 0. The highest BCUT2D eigenvalue weighted by atomic mass is 19.4. The Balaban J connectivity index is 1.30. The minimum atomic E-state index is -4.44. The van der Waals surface area contributed by atoms with Crippen molar-refractivity contribution in [3.8, 4) is 0 Å². The first-order valence-corrected chi connectivity index (χ1v) is 11.2. The molecule has 0 spiro atoms. The van der Waals surface area contributed by atoms with Crippen LogP contribution in [-0.2, 0) is 25.7 Å². The summed E-state index contributed by atoms with van der Waals surface area (Å²) in [6, 6.07) is 14.4. The number of halogens is 3. The topological polar surface area (TPSA) is 67.2 Å². The van der Waals surface area contributed by atoms with Gasteiger partial charge in [0.15, 0.2) is 5.69 Å². The van der Waals surface area contributed by atoms with Gasteiger partial charge in [0.1, 0.15) is 5.69 Å². The summed E-state index contributed by atoms with van der Waals surface area (Å²) in [6.07, 6.45) is -1.65. The number of rotatable bonds is 4. The smallest absolute Gasteiger partial charge is 0.344 e. The van der Waals surface area contributed by atoms with Crippen LogP contribution in [0.5, 0.6) is 0 Å². The molecule has 1 atom stereocenters. The lowest BCUT2D eigenvalue weighted by atomic mass is 9.87. The van der Waals surface area contributed by atoms with Crippen molar-refractivity contribution in [3.63, 3.8) is 0 Å². The second-order valence-corrected chi connectivity index (χ2v) is 8.68. The van der Waals surface area contributed by atoms with Crippen LogP contribution in [0.1, 0.15) is 62.1 Å². The zero-order valence-corrected chi connectivity index (χ0v) is 18.3. The Morgan fingerprint density at radius 1 is 1.09 bits per heavy atom. The molecule has 0 bridgehead atoms. The highest BCUT2D eigenvalue weighted by Gasteiger charge is 2.32. The fourth-order valence-corrected chi connectivity index (χ4v) is 4.70. The highest BCUT2D eigenvalue weighted by molar-refractivity contribution is 5.98. The fourth-order valence-electron chi connectivity index (χ4n) is 4.70. The van der Waals surface area contributed by atoms with Crippen molar-refractivity contribution >= 4 is 11.8 Å². The first-order valence-electron chi connectivity index (χ1n) is 11.2. The van der Waals surface area contributed by atoms with Gasteiger partial charge < -0.3 is 10.2 Å². The van der Waals surface area contributed by atoms with E-state index in [-0.39, 0.29) is 35.8 Å². The number of carbonyl (C=O) groups is 2. The highest BCUT2D eigenvalue weighted by Crippen LogP contribution is 2.31. The Bertz CT molecular complexity index is 1250. The lowest BCUT2D eigenvalue weighted by Gasteiger charge is -2.27. The van der Waals surface area contributed by atoms with E-state index >= 15 is 0 Å². The maximum Gasteiger partial charge on any atom is 0.416 e. The lowest BCUT2D eigenvalue weighted by Crippen LogP contribution is -2.39. The minimum absolute atomic E-state index is 0.0499. The molecule has 2 amide bonds. The molecule has 6 nitrogen and oxygen atoms in total. The zero-order valence-electron chi connectivity index (χ0n) is 18.3. The SMILES string of the molecule is O=C(N[C@@H]1CCCc2ccccc21)c1cc2n(n1)CCN(Cc1cccc(C(F)(F)F)c1)C2=O. The summed E-state index contributed by atoms with van der Waals surface area (Å²) in [5.41, 5.74) is 2.39. The molecule has 0 saturated carbocycles. The number of carbonyl (C=O) groups excluding carboxylic acids is 2. The van der Waals surface area contributed by atoms with Gasteiger partial charge in [0, 0.05) is 19.2 Å². The monoisotopic (exact) mass is 468 g/mol. The molecule has 5 rings (SSSR count). The third-order valence-electron chi connectivity index (χ3n) is 6.40. The number of nitrogens with zero attached hydrogens (tertiary/aromatic N) is 3. The van der Waals surface area contributed by atoms with E-state index in [1.54, 1.807) is 6.07 Å². The van der Waals surface area contributed by atoms with Gasteiger partial charge in [0.2, 0.25) is 0 Å². The minimum Gasteiger partial charge on any atom is -0.344 e. The second-order valence-electron chi connectivity index (χ2n) is 8.68. The number of amides is 2. The molecule has 34 heavy (non-hydrogen) atoms. The van der Waals surface area contributed by atoms with Crippen LogP contribution in [0, 0.1) is 0 Å². The number of aryl methyl sites for hydroxylation is 1. The molecule has 0 saturated heterocycles. The number of alkyl halides is 3. The Morgan fingerprint density at radius 2 is 1.91 bits per heavy atom. The number of nitrogens with one attached hydrogen (secondary N) is 1. The molecule has 176 valence electrons. The van der Waals surface area contributed by atoms with Crippen LogP contribution in [0.3, 0.4) is 0 Å². The fraction of sp³-hybridized carbons (Fsp3) is 0.320. The van der Waals surface area contributed by atoms with Gasteiger partial charge in [-0.15, -0.1) is 0 Å². The molecule has 1 aliphatic heterocycles. The Labute approximate surface area is 194 Å². The van der Waals surface area contributed by atoms with E-state index in [1.165, 1.54) is 27.3 Å². The lowest BCUT2D eigenvalue weighted by molar-refractivity contribution is -0.137. The van der Waals surface area contributed by atoms with Gasteiger partial charge in [-0.2, -0.15) is 18.3 Å². The Morgan fingerprint density at radius 3 is 2.74 bits per heavy atom. The van der Waals surface area contributed by atoms with Crippen molar-refractivity contribution in [2.24, 2.45) is 0 Å². The van der Waals surface area contributed by atoms with Crippen molar-refractivity contribution in [2.45, 2.75) is 44.6 Å². The third kappa shape index (κ3) is 4.30. The second kappa shape index (κ2) is 8.62. The van der Waals surface area contributed by atoms with Crippen molar-refractivity contribution in [1.29, 1.82) is 0 Å². The van der Waals surface area contributed by atoms with E-state index in [4.69, 9.17) is 0 Å². The van der Waals surface area contributed by atoms with Gasteiger partial charge in [-0.1, -0.05) is 36.4 Å². The summed E-state index contributed by atoms with van der Waals surface area (Å²) >= 11 is 0. The van der Waals surface area contributed by atoms with E-state index in [0.29, 0.717) is 18.7 Å². The van der Waals surface area contributed by atoms with Crippen LogP contribution < -0.4 is 5.32 Å². The molecule has 2 aromatic carbocycles. The number of hydrogen-bond donors (Lipinski definition) is 1. The van der Waals surface area contributed by atoms with Gasteiger partial charge in [-0.25, -0.2) is 0 Å². The third-order valence-corrected chi connectivity index (χ3v) is 6.40. The van der Waals surface area contributed by atoms with Crippen molar-refractivity contribution in [2.75, 3.05) is 6.54 Å². The average molecular weight is 468 g/mol. The predicted molar refractivity (Wildman–Crippen MR) is 118 cm³/mol. The molecule has 2 heterocycles. The van der Waals surface area contributed by atoms with Crippen LogP contribution in [0.2, 0.25) is 0 Å². The predicted octanol–water partition coefficient (Wildman–Crippen LogP) is 4.37. The summed E-state index contributed by atoms with van der Waals surface area (Å²) in [5, 5.41) is 7.36. The summed E-state index contributed by atoms with van der Waals surface area (Å²) < 4.78 is 40.6. The van der Waals surface area contributed by atoms with Crippen LogP contribution in [0.4, 0.5) is 13.2 Å². The van der Waals surface area contributed by atoms with Crippen LogP contribution in [0.15, 0.2) is 54.6 Å². The molecule has 0 radical (unpaired) electrons. The first-order chi connectivity index (χ1) is 16.3. The van der Waals surface area contributed by atoms with Crippen LogP contribution in [0.25, 0.3) is 0 Å². The van der Waals surface area contributed by atoms with E-state index in [1.807, 2.05) is 18.2 Å². The summed E-state index contributed by atoms with van der Waals surface area (Å²) in [5.74, 6) is -0.709. The van der Waals surface area contributed by atoms with Gasteiger partial charge in [0.05, 0.1) is 18.2 Å². The molecule has 1 N–H and O–H groups in total. The first kappa shape index (κ1) is 22.2. The molecule has 0 unspecified atom stereocenters. The standard InChI is InChI=1S/C25H23F3N4O2/c26-25(27,28)18-8-3-5-16(13-18)15-31-11-12-32-22(24(31)34)14-21(30-32)23(33)29-20-10-4-7-17-6-1-2-9-19(17)20/h1-3,5-6,8-9,13-14,20H,4,7,10-12,15H2,(H,29,33)/t20-/m1/s1. The molecule has 1 aliphatic carbocycles. The Hall–Kier alpha value is -3.62. The summed E-state index contributed by atoms with van der Waals surface area (Å²) in [4.78, 5) is 27.4. The molecular weight excluding hydrogens is 445 g/mol. The molecule has 9 heteroatoms. The van der Waals surface area contributed by atoms with Crippen molar-refractivity contribution in [1.82, 2.24) is 20.0 Å². The van der Waals surface area contributed by atoms with Crippen LogP contribution >= 0.6 is 0 Å². The van der Waals surface area contributed by atoms with Gasteiger partial charge in [-0.3, -0.25) is 14.3 Å². The quantitative estimate of drug-likeness (QED) is 0.619. The molecule has 1 aromatic heterocycles. The van der Waals surface area contributed by atoms with E-state index in [0.717, 1.165) is 37.0 Å². The van der Waals surface area contributed by atoms with Crippen molar-refractivity contribution < 1.29 is 22.8 Å². The van der Waals surface area contributed by atoms with Gasteiger partial charge in [-0.05, 0) is 48.1 Å². The maximum absolute atomic E-state index is 13.0. The Kier molecular flexibility index (Phi) is 5.63. The molecule has 2 aliphatic rings. The number of aromatic nitrogens is 2. The normalized spacial score (nSPS) is 17.8. The van der Waals surface area contributed by atoms with E-state index in [2.05, 4.69) is 16.5 Å². The van der Waals surface area contributed by atoms with Gasteiger partial charge >= 0.3 is 6.18 Å².